The summed E-state index contributed by atoms with van der Waals surface area (Å²) in [5.41, 5.74) is 2.90. The lowest BCUT2D eigenvalue weighted by Crippen LogP contribution is -2.26. The first-order chi connectivity index (χ1) is 14.5. The maximum Gasteiger partial charge on any atom is 0.404 e. The van der Waals surface area contributed by atoms with Gasteiger partial charge in [-0.05, 0) is 24.3 Å². The Morgan fingerprint density at radius 2 is 1.87 bits per heavy atom. The van der Waals surface area contributed by atoms with Crippen molar-refractivity contribution >= 4 is 29.2 Å². The molecule has 1 aromatic heterocycles. The number of nitrogens with one attached hydrogen (secondary N) is 3. The number of nitrogens with zero attached hydrogens (tertiary/aromatic N) is 2. The predicted octanol–water partition coefficient (Wildman–Crippen LogP) is 3.49. The Balaban J connectivity index is 1.69. The number of rotatable bonds is 8. The van der Waals surface area contributed by atoms with Crippen LogP contribution in [0.2, 0.25) is 0 Å². The van der Waals surface area contributed by atoms with Gasteiger partial charge in [0.2, 0.25) is 5.91 Å². The first kappa shape index (κ1) is 20.6. The summed E-state index contributed by atoms with van der Waals surface area (Å²) in [6, 6.07) is 14.6. The number of amides is 2. The monoisotopic (exact) mass is 407 g/mol. The minimum atomic E-state index is -1.09. The Morgan fingerprint density at radius 1 is 1.07 bits per heavy atom. The minimum Gasteiger partial charge on any atom is -0.492 e. The SMILES string of the molecule is CC(=O)Nc1cccc(-c2cncc(Nc3cccc(OCCNC(=O)O)c3)n2)c1. The number of ether oxygens (including phenoxy) is 1. The molecule has 0 radical (unpaired) electrons. The summed E-state index contributed by atoms with van der Waals surface area (Å²) in [6.45, 7) is 1.87. The zero-order valence-electron chi connectivity index (χ0n) is 16.3. The average Bonchev–Trinajstić information content (AvgIpc) is 2.71. The maximum atomic E-state index is 11.3. The second-order valence-electron chi connectivity index (χ2n) is 6.28. The van der Waals surface area contributed by atoms with Crippen molar-refractivity contribution in [3.8, 4) is 17.0 Å². The number of carbonyl (C=O) groups excluding carboxylic acids is 1. The largest absolute Gasteiger partial charge is 0.492 e. The van der Waals surface area contributed by atoms with Crippen LogP contribution in [-0.4, -0.2) is 40.2 Å². The van der Waals surface area contributed by atoms with Crippen LogP contribution in [0.1, 0.15) is 6.92 Å². The summed E-state index contributed by atoms with van der Waals surface area (Å²) in [4.78, 5) is 30.5. The van der Waals surface area contributed by atoms with E-state index in [0.717, 1.165) is 11.3 Å². The molecule has 30 heavy (non-hydrogen) atoms. The first-order valence-corrected chi connectivity index (χ1v) is 9.16. The zero-order valence-corrected chi connectivity index (χ0v) is 16.3. The molecule has 0 atom stereocenters. The van der Waals surface area contributed by atoms with Crippen LogP contribution in [0.15, 0.2) is 60.9 Å². The fourth-order valence-electron chi connectivity index (χ4n) is 2.66. The Labute approximate surface area is 173 Å². The third-order valence-electron chi connectivity index (χ3n) is 3.87. The van der Waals surface area contributed by atoms with Gasteiger partial charge < -0.3 is 25.8 Å². The van der Waals surface area contributed by atoms with Gasteiger partial charge in [0.15, 0.2) is 0 Å². The average molecular weight is 407 g/mol. The molecule has 0 aliphatic carbocycles. The smallest absolute Gasteiger partial charge is 0.404 e. The Hall–Kier alpha value is -4.14. The van der Waals surface area contributed by atoms with Gasteiger partial charge in [-0.3, -0.25) is 9.78 Å². The van der Waals surface area contributed by atoms with Gasteiger partial charge in [-0.15, -0.1) is 0 Å². The van der Waals surface area contributed by atoms with Gasteiger partial charge in [0.25, 0.3) is 0 Å². The lowest BCUT2D eigenvalue weighted by molar-refractivity contribution is -0.114. The predicted molar refractivity (Wildman–Crippen MR) is 113 cm³/mol. The molecule has 9 heteroatoms. The minimum absolute atomic E-state index is 0.144. The van der Waals surface area contributed by atoms with Gasteiger partial charge in [0.1, 0.15) is 18.2 Å². The molecule has 0 spiro atoms. The molecule has 0 bridgehead atoms. The summed E-state index contributed by atoms with van der Waals surface area (Å²) < 4.78 is 5.54. The summed E-state index contributed by atoms with van der Waals surface area (Å²) >= 11 is 0. The molecule has 0 aliphatic rings. The van der Waals surface area contributed by atoms with Crippen molar-refractivity contribution in [2.45, 2.75) is 6.92 Å². The van der Waals surface area contributed by atoms with Crippen LogP contribution < -0.4 is 20.7 Å². The molecule has 154 valence electrons. The van der Waals surface area contributed by atoms with Crippen LogP contribution >= 0.6 is 0 Å². The van der Waals surface area contributed by atoms with E-state index in [1.165, 1.54) is 6.92 Å². The maximum absolute atomic E-state index is 11.3. The van der Waals surface area contributed by atoms with Crippen molar-refractivity contribution in [2.75, 3.05) is 23.8 Å². The summed E-state index contributed by atoms with van der Waals surface area (Å²) in [6.07, 6.45) is 2.16. The van der Waals surface area contributed by atoms with Crippen molar-refractivity contribution in [1.29, 1.82) is 0 Å². The van der Waals surface area contributed by atoms with Crippen LogP contribution in [0.4, 0.5) is 22.0 Å². The van der Waals surface area contributed by atoms with Crippen molar-refractivity contribution < 1.29 is 19.4 Å². The summed E-state index contributed by atoms with van der Waals surface area (Å²) in [5, 5.41) is 16.7. The van der Waals surface area contributed by atoms with Crippen molar-refractivity contribution in [3.05, 3.63) is 60.9 Å². The normalized spacial score (nSPS) is 10.2. The fourth-order valence-corrected chi connectivity index (χ4v) is 2.66. The van der Waals surface area contributed by atoms with Gasteiger partial charge in [-0.2, -0.15) is 0 Å². The van der Waals surface area contributed by atoms with E-state index in [2.05, 4.69) is 25.9 Å². The molecule has 2 aromatic carbocycles. The van der Waals surface area contributed by atoms with E-state index in [9.17, 15) is 9.59 Å². The summed E-state index contributed by atoms with van der Waals surface area (Å²) in [5.74, 6) is 0.996. The van der Waals surface area contributed by atoms with Gasteiger partial charge in [-0.1, -0.05) is 18.2 Å². The van der Waals surface area contributed by atoms with Crippen LogP contribution in [0, 0.1) is 0 Å². The molecule has 3 rings (SSSR count). The molecular formula is C21H21N5O4. The standard InChI is InChI=1S/C21H21N5O4/c1-14(27)24-16-5-2-4-15(10-16)19-12-22-13-20(26-19)25-17-6-3-7-18(11-17)30-9-8-23-21(28)29/h2-7,10-13,23H,8-9H2,1H3,(H,24,27)(H,25,26)(H,28,29). The lowest BCUT2D eigenvalue weighted by atomic mass is 10.1. The van der Waals surface area contributed by atoms with E-state index >= 15 is 0 Å². The number of benzene rings is 2. The molecule has 9 nitrogen and oxygen atoms in total. The van der Waals surface area contributed by atoms with Crippen LogP contribution in [0.5, 0.6) is 5.75 Å². The number of carbonyl (C=O) groups is 2. The van der Waals surface area contributed by atoms with Crippen LogP contribution in [0.3, 0.4) is 0 Å². The lowest BCUT2D eigenvalue weighted by Gasteiger charge is -2.10. The number of hydrogen-bond acceptors (Lipinski definition) is 6. The van der Waals surface area contributed by atoms with E-state index < -0.39 is 6.09 Å². The number of hydrogen-bond donors (Lipinski definition) is 4. The summed E-state index contributed by atoms with van der Waals surface area (Å²) in [7, 11) is 0. The van der Waals surface area contributed by atoms with E-state index in [-0.39, 0.29) is 19.1 Å². The molecule has 4 N–H and O–H groups in total. The van der Waals surface area contributed by atoms with E-state index in [1.54, 1.807) is 30.6 Å². The Morgan fingerprint density at radius 3 is 2.67 bits per heavy atom. The molecule has 2 amide bonds. The van der Waals surface area contributed by atoms with Crippen molar-refractivity contribution in [3.63, 3.8) is 0 Å². The first-order valence-electron chi connectivity index (χ1n) is 9.16. The van der Waals surface area contributed by atoms with Gasteiger partial charge in [0, 0.05) is 29.9 Å². The van der Waals surface area contributed by atoms with Crippen molar-refractivity contribution in [2.24, 2.45) is 0 Å². The second-order valence-corrected chi connectivity index (χ2v) is 6.28. The van der Waals surface area contributed by atoms with Crippen molar-refractivity contribution in [1.82, 2.24) is 15.3 Å². The Kier molecular flexibility index (Phi) is 6.78. The quantitative estimate of drug-likeness (QED) is 0.421. The highest BCUT2D eigenvalue weighted by Crippen LogP contribution is 2.24. The molecule has 3 aromatic rings. The van der Waals surface area contributed by atoms with Gasteiger partial charge >= 0.3 is 6.09 Å². The van der Waals surface area contributed by atoms with Gasteiger partial charge in [-0.25, -0.2) is 9.78 Å². The molecule has 0 unspecified atom stereocenters. The topological polar surface area (TPSA) is 125 Å². The van der Waals surface area contributed by atoms with Gasteiger partial charge in [0.05, 0.1) is 24.6 Å². The molecule has 1 heterocycles. The fraction of sp³-hybridized carbons (Fsp3) is 0.143. The third kappa shape index (κ3) is 6.20. The van der Waals surface area contributed by atoms with Crippen LogP contribution in [-0.2, 0) is 4.79 Å². The van der Waals surface area contributed by atoms with E-state index in [1.807, 2.05) is 30.3 Å². The second kappa shape index (κ2) is 9.87. The molecular weight excluding hydrogens is 386 g/mol. The van der Waals surface area contributed by atoms with E-state index in [4.69, 9.17) is 9.84 Å². The van der Waals surface area contributed by atoms with Crippen LogP contribution in [0.25, 0.3) is 11.3 Å². The number of aromatic nitrogens is 2. The Bertz CT molecular complexity index is 1040. The van der Waals surface area contributed by atoms with E-state index in [0.29, 0.717) is 22.9 Å². The number of anilines is 3. The molecule has 0 saturated carbocycles. The number of carboxylic acid groups (broad SMARTS) is 1. The third-order valence-corrected chi connectivity index (χ3v) is 3.87. The highest BCUT2D eigenvalue weighted by molar-refractivity contribution is 5.89. The molecule has 0 saturated heterocycles. The zero-order chi connectivity index (χ0) is 21.3. The molecule has 0 fully saturated rings. The molecule has 0 aliphatic heterocycles. The highest BCUT2D eigenvalue weighted by Gasteiger charge is 2.05. The highest BCUT2D eigenvalue weighted by atomic mass is 16.5.